The Labute approximate surface area is 139 Å². The maximum Gasteiger partial charge on any atom is 0.254 e. The Hall–Kier alpha value is -3.02. The van der Waals surface area contributed by atoms with Crippen LogP contribution in [0.5, 0.6) is 11.5 Å². The van der Waals surface area contributed by atoms with Crippen molar-refractivity contribution in [1.29, 1.82) is 0 Å². The summed E-state index contributed by atoms with van der Waals surface area (Å²) in [6, 6.07) is 13.3. The largest absolute Gasteiger partial charge is 0.508 e. The molecule has 1 fully saturated rings. The van der Waals surface area contributed by atoms with Crippen molar-refractivity contribution in [2.75, 3.05) is 31.6 Å². The number of phenolic OH excluding ortho intramolecular Hbond substituents is 1. The lowest BCUT2D eigenvalue weighted by molar-refractivity contribution is -0.120. The first kappa shape index (κ1) is 15.9. The van der Waals surface area contributed by atoms with Gasteiger partial charge in [0, 0.05) is 30.4 Å². The third kappa shape index (κ3) is 3.17. The highest BCUT2D eigenvalue weighted by molar-refractivity contribution is 6.01. The first-order valence-electron chi connectivity index (χ1n) is 7.61. The maximum absolute atomic E-state index is 12.5. The third-order valence-electron chi connectivity index (χ3n) is 3.99. The summed E-state index contributed by atoms with van der Waals surface area (Å²) in [5, 5.41) is 9.30. The molecule has 124 valence electrons. The first-order chi connectivity index (χ1) is 11.6. The van der Waals surface area contributed by atoms with E-state index in [2.05, 4.69) is 0 Å². The lowest BCUT2D eigenvalue weighted by Crippen LogP contribution is -2.52. The molecule has 24 heavy (non-hydrogen) atoms. The SMILES string of the molecule is COc1cccc(N2CCN(C(=O)c3ccc(O)cc3)CC2=O)c1. The van der Waals surface area contributed by atoms with E-state index in [-0.39, 0.29) is 24.1 Å². The molecular formula is C18H18N2O4. The summed E-state index contributed by atoms with van der Waals surface area (Å²) in [6.07, 6.45) is 0. The van der Waals surface area contributed by atoms with Gasteiger partial charge in [-0.05, 0) is 36.4 Å². The minimum atomic E-state index is -0.214. The lowest BCUT2D eigenvalue weighted by Gasteiger charge is -2.34. The Kier molecular flexibility index (Phi) is 4.37. The molecule has 6 nitrogen and oxygen atoms in total. The molecule has 2 amide bonds. The number of methoxy groups -OCH3 is 1. The Morgan fingerprint density at radius 1 is 1.12 bits per heavy atom. The van der Waals surface area contributed by atoms with Gasteiger partial charge in [-0.25, -0.2) is 0 Å². The van der Waals surface area contributed by atoms with Gasteiger partial charge in [0.05, 0.1) is 7.11 Å². The fraction of sp³-hybridized carbons (Fsp3) is 0.222. The second-order valence-corrected chi connectivity index (χ2v) is 5.52. The average Bonchev–Trinajstić information content (AvgIpc) is 2.61. The van der Waals surface area contributed by atoms with E-state index >= 15 is 0 Å². The molecule has 2 aromatic carbocycles. The summed E-state index contributed by atoms with van der Waals surface area (Å²) < 4.78 is 5.18. The summed E-state index contributed by atoms with van der Waals surface area (Å²) >= 11 is 0. The van der Waals surface area contributed by atoms with Gasteiger partial charge in [-0.15, -0.1) is 0 Å². The molecule has 6 heteroatoms. The standard InChI is InChI=1S/C18H18N2O4/c1-24-16-4-2-3-14(11-16)20-10-9-19(12-17(20)22)18(23)13-5-7-15(21)8-6-13/h2-8,11,21H,9-10,12H2,1H3. The molecule has 0 saturated carbocycles. The van der Waals surface area contributed by atoms with Crippen LogP contribution in [0.25, 0.3) is 0 Å². The van der Waals surface area contributed by atoms with Crippen molar-refractivity contribution in [2.24, 2.45) is 0 Å². The van der Waals surface area contributed by atoms with Gasteiger partial charge >= 0.3 is 0 Å². The molecule has 0 spiro atoms. The molecule has 1 aliphatic rings. The van der Waals surface area contributed by atoms with Crippen molar-refractivity contribution >= 4 is 17.5 Å². The lowest BCUT2D eigenvalue weighted by atomic mass is 10.1. The molecular weight excluding hydrogens is 308 g/mol. The van der Waals surface area contributed by atoms with E-state index in [1.165, 1.54) is 17.0 Å². The molecule has 0 aliphatic carbocycles. The number of nitrogens with zero attached hydrogens (tertiary/aromatic N) is 2. The van der Waals surface area contributed by atoms with E-state index < -0.39 is 0 Å². The minimum absolute atomic E-state index is 0.0247. The van der Waals surface area contributed by atoms with Crippen LogP contribution < -0.4 is 9.64 Å². The fourth-order valence-electron chi connectivity index (χ4n) is 2.68. The van der Waals surface area contributed by atoms with E-state index in [1.54, 1.807) is 30.2 Å². The van der Waals surface area contributed by atoms with Gasteiger partial charge in [0.1, 0.15) is 18.0 Å². The number of aromatic hydroxyl groups is 1. The van der Waals surface area contributed by atoms with Crippen molar-refractivity contribution in [1.82, 2.24) is 4.90 Å². The van der Waals surface area contributed by atoms with Crippen LogP contribution in [-0.4, -0.2) is 48.6 Å². The van der Waals surface area contributed by atoms with Crippen molar-refractivity contribution in [2.45, 2.75) is 0 Å². The average molecular weight is 326 g/mol. The quantitative estimate of drug-likeness (QED) is 0.935. The molecule has 1 heterocycles. The molecule has 1 aliphatic heterocycles. The van der Waals surface area contributed by atoms with E-state index in [0.29, 0.717) is 24.4 Å². The number of carbonyl (C=O) groups excluding carboxylic acids is 2. The van der Waals surface area contributed by atoms with Gasteiger partial charge in [-0.3, -0.25) is 9.59 Å². The summed E-state index contributed by atoms with van der Waals surface area (Å²) in [4.78, 5) is 28.1. The van der Waals surface area contributed by atoms with Gasteiger partial charge in [0.25, 0.3) is 5.91 Å². The fourth-order valence-corrected chi connectivity index (χ4v) is 2.68. The number of anilines is 1. The third-order valence-corrected chi connectivity index (χ3v) is 3.99. The van der Waals surface area contributed by atoms with Crippen LogP contribution in [-0.2, 0) is 4.79 Å². The van der Waals surface area contributed by atoms with Crippen LogP contribution in [0.4, 0.5) is 5.69 Å². The maximum atomic E-state index is 12.5. The molecule has 1 saturated heterocycles. The van der Waals surface area contributed by atoms with Crippen LogP contribution in [0.3, 0.4) is 0 Å². The number of phenols is 1. The normalized spacial score (nSPS) is 14.6. The zero-order valence-electron chi connectivity index (χ0n) is 13.3. The highest BCUT2D eigenvalue weighted by atomic mass is 16.5. The number of hydrogen-bond donors (Lipinski definition) is 1. The zero-order chi connectivity index (χ0) is 17.1. The summed E-state index contributed by atoms with van der Waals surface area (Å²) in [5.41, 5.74) is 1.21. The van der Waals surface area contributed by atoms with Gasteiger partial charge in [-0.2, -0.15) is 0 Å². The Balaban J connectivity index is 1.71. The second-order valence-electron chi connectivity index (χ2n) is 5.52. The Morgan fingerprint density at radius 2 is 1.88 bits per heavy atom. The van der Waals surface area contributed by atoms with Crippen LogP contribution in [0.1, 0.15) is 10.4 Å². The molecule has 0 bridgehead atoms. The number of rotatable bonds is 3. The molecule has 0 aromatic heterocycles. The first-order valence-corrected chi connectivity index (χ1v) is 7.61. The van der Waals surface area contributed by atoms with Crippen LogP contribution in [0, 0.1) is 0 Å². The second kappa shape index (κ2) is 6.62. The predicted molar refractivity (Wildman–Crippen MR) is 89.4 cm³/mol. The van der Waals surface area contributed by atoms with Crippen molar-refractivity contribution in [3.8, 4) is 11.5 Å². The molecule has 0 atom stereocenters. The van der Waals surface area contributed by atoms with Crippen molar-refractivity contribution in [3.63, 3.8) is 0 Å². The summed E-state index contributed by atoms with van der Waals surface area (Å²) in [7, 11) is 1.58. The topological polar surface area (TPSA) is 70.1 Å². The van der Waals surface area contributed by atoms with E-state index in [4.69, 9.17) is 4.74 Å². The van der Waals surface area contributed by atoms with E-state index in [1.807, 2.05) is 18.2 Å². The van der Waals surface area contributed by atoms with Crippen molar-refractivity contribution < 1.29 is 19.4 Å². The Bertz CT molecular complexity index is 758. The van der Waals surface area contributed by atoms with Crippen LogP contribution in [0.2, 0.25) is 0 Å². The molecule has 2 aromatic rings. The molecule has 3 rings (SSSR count). The smallest absolute Gasteiger partial charge is 0.254 e. The van der Waals surface area contributed by atoms with Gasteiger partial charge in [-0.1, -0.05) is 6.07 Å². The number of hydrogen-bond acceptors (Lipinski definition) is 4. The highest BCUT2D eigenvalue weighted by Gasteiger charge is 2.28. The van der Waals surface area contributed by atoms with Gasteiger partial charge in [0.15, 0.2) is 0 Å². The molecule has 0 radical (unpaired) electrons. The number of amides is 2. The van der Waals surface area contributed by atoms with Crippen LogP contribution >= 0.6 is 0 Å². The summed E-state index contributed by atoms with van der Waals surface area (Å²) in [5.74, 6) is 0.434. The number of ether oxygens (including phenoxy) is 1. The zero-order valence-corrected chi connectivity index (χ0v) is 13.3. The van der Waals surface area contributed by atoms with E-state index in [9.17, 15) is 14.7 Å². The van der Waals surface area contributed by atoms with E-state index in [0.717, 1.165) is 5.69 Å². The molecule has 0 unspecified atom stereocenters. The monoisotopic (exact) mass is 326 g/mol. The highest BCUT2D eigenvalue weighted by Crippen LogP contribution is 2.23. The number of benzene rings is 2. The van der Waals surface area contributed by atoms with Crippen LogP contribution in [0.15, 0.2) is 48.5 Å². The number of carbonyl (C=O) groups is 2. The van der Waals surface area contributed by atoms with Gasteiger partial charge in [0.2, 0.25) is 5.91 Å². The van der Waals surface area contributed by atoms with Crippen molar-refractivity contribution in [3.05, 3.63) is 54.1 Å². The van der Waals surface area contributed by atoms with Gasteiger partial charge < -0.3 is 19.6 Å². The summed E-state index contributed by atoms with van der Waals surface area (Å²) in [6.45, 7) is 0.898. The molecule has 1 N–H and O–H groups in total. The minimum Gasteiger partial charge on any atom is -0.508 e. The number of piperazine rings is 1. The Morgan fingerprint density at radius 3 is 2.54 bits per heavy atom. The predicted octanol–water partition coefficient (Wildman–Crippen LogP) is 1.89.